The van der Waals surface area contributed by atoms with Crippen LogP contribution in [0.1, 0.15) is 28.4 Å². The van der Waals surface area contributed by atoms with Crippen LogP contribution in [0.5, 0.6) is 5.75 Å². The highest BCUT2D eigenvalue weighted by molar-refractivity contribution is 14.0. The summed E-state index contributed by atoms with van der Waals surface area (Å²) >= 11 is 0. The number of methoxy groups -OCH3 is 2. The number of guanidine groups is 1. The van der Waals surface area contributed by atoms with Crippen molar-refractivity contribution in [1.29, 1.82) is 0 Å². The van der Waals surface area contributed by atoms with Crippen molar-refractivity contribution in [1.82, 2.24) is 10.6 Å². The molecule has 8 heteroatoms. The number of halogens is 1. The normalized spacial score (nSPS) is 11.8. The summed E-state index contributed by atoms with van der Waals surface area (Å²) in [6.45, 7) is 4.62. The van der Waals surface area contributed by atoms with Crippen molar-refractivity contribution in [2.45, 2.75) is 20.1 Å². The van der Waals surface area contributed by atoms with E-state index in [-0.39, 0.29) is 24.0 Å². The Morgan fingerprint density at radius 2 is 1.81 bits per heavy atom. The molecule has 0 amide bonds. The van der Waals surface area contributed by atoms with Gasteiger partial charge in [-0.1, -0.05) is 43.3 Å². The maximum atomic E-state index is 11.9. The Morgan fingerprint density at radius 1 is 1.06 bits per heavy atom. The molecule has 31 heavy (non-hydrogen) atoms. The molecule has 170 valence electrons. The zero-order valence-electron chi connectivity index (χ0n) is 18.5. The molecule has 0 aliphatic rings. The largest absolute Gasteiger partial charge is 0.496 e. The van der Waals surface area contributed by atoms with Crippen molar-refractivity contribution in [3.05, 3.63) is 65.2 Å². The van der Waals surface area contributed by atoms with Crippen LogP contribution >= 0.6 is 24.0 Å². The molecule has 0 saturated heterocycles. The Labute approximate surface area is 201 Å². The fraction of sp³-hybridized carbons (Fsp3) is 0.391. The van der Waals surface area contributed by atoms with Gasteiger partial charge in [0.05, 0.1) is 27.4 Å². The third-order valence-corrected chi connectivity index (χ3v) is 4.48. The first-order valence-corrected chi connectivity index (χ1v) is 9.88. The molecule has 0 aromatic heterocycles. The summed E-state index contributed by atoms with van der Waals surface area (Å²) in [4.78, 5) is 16.2. The summed E-state index contributed by atoms with van der Waals surface area (Å²) in [5, 5.41) is 6.55. The first-order valence-electron chi connectivity index (χ1n) is 9.88. The molecule has 2 rings (SSSR count). The average molecular weight is 541 g/mol. The predicted molar refractivity (Wildman–Crippen MR) is 133 cm³/mol. The van der Waals surface area contributed by atoms with E-state index in [0.29, 0.717) is 42.9 Å². The fourth-order valence-corrected chi connectivity index (χ4v) is 2.82. The van der Waals surface area contributed by atoms with Gasteiger partial charge in [0.15, 0.2) is 5.96 Å². The van der Waals surface area contributed by atoms with Gasteiger partial charge in [-0.05, 0) is 29.2 Å². The van der Waals surface area contributed by atoms with Crippen LogP contribution in [0.15, 0.2) is 53.5 Å². The van der Waals surface area contributed by atoms with Gasteiger partial charge in [0, 0.05) is 20.1 Å². The van der Waals surface area contributed by atoms with Gasteiger partial charge in [0.25, 0.3) is 0 Å². The highest BCUT2D eigenvalue weighted by Crippen LogP contribution is 2.20. The number of carbonyl (C=O) groups is 1. The Balaban J connectivity index is 0.00000480. The van der Waals surface area contributed by atoms with Crippen molar-refractivity contribution in [2.24, 2.45) is 10.9 Å². The van der Waals surface area contributed by atoms with Gasteiger partial charge in [0.1, 0.15) is 11.3 Å². The van der Waals surface area contributed by atoms with E-state index >= 15 is 0 Å². The molecule has 7 nitrogen and oxygen atoms in total. The van der Waals surface area contributed by atoms with Crippen LogP contribution in [-0.4, -0.2) is 46.3 Å². The number of benzene rings is 2. The van der Waals surface area contributed by atoms with Crippen LogP contribution in [0.3, 0.4) is 0 Å². The Kier molecular flexibility index (Phi) is 12.6. The second kappa shape index (κ2) is 14.6. The third-order valence-electron chi connectivity index (χ3n) is 4.48. The molecule has 1 unspecified atom stereocenters. The molecule has 0 saturated carbocycles. The van der Waals surface area contributed by atoms with E-state index in [9.17, 15) is 4.79 Å². The van der Waals surface area contributed by atoms with E-state index in [1.54, 1.807) is 19.2 Å². The topological polar surface area (TPSA) is 81.2 Å². The van der Waals surface area contributed by atoms with Crippen LogP contribution in [0, 0.1) is 5.92 Å². The van der Waals surface area contributed by atoms with Gasteiger partial charge in [-0.15, -0.1) is 24.0 Å². The highest BCUT2D eigenvalue weighted by Gasteiger charge is 2.13. The van der Waals surface area contributed by atoms with Crippen LogP contribution in [0.25, 0.3) is 0 Å². The van der Waals surface area contributed by atoms with Gasteiger partial charge in [-0.25, -0.2) is 4.79 Å². The molecule has 0 aliphatic carbocycles. The highest BCUT2D eigenvalue weighted by atomic mass is 127. The SMILES string of the molecule is CN=C(NCc1ccc(OC)c(C(=O)OC)c1)NCC(C)COCc1ccccc1.I. The maximum Gasteiger partial charge on any atom is 0.341 e. The van der Waals surface area contributed by atoms with E-state index in [1.807, 2.05) is 24.3 Å². The number of nitrogens with one attached hydrogen (secondary N) is 2. The minimum Gasteiger partial charge on any atom is -0.496 e. The van der Waals surface area contributed by atoms with E-state index in [0.717, 1.165) is 12.1 Å². The number of hydrogen-bond acceptors (Lipinski definition) is 5. The number of esters is 1. The molecule has 0 bridgehead atoms. The smallest absolute Gasteiger partial charge is 0.341 e. The quantitative estimate of drug-likeness (QED) is 0.207. The van der Waals surface area contributed by atoms with Crippen molar-refractivity contribution < 1.29 is 19.0 Å². The summed E-state index contributed by atoms with van der Waals surface area (Å²) < 4.78 is 15.8. The molecule has 2 N–H and O–H groups in total. The lowest BCUT2D eigenvalue weighted by Gasteiger charge is -2.17. The minimum atomic E-state index is -0.430. The number of rotatable bonds is 10. The molecule has 0 aliphatic heterocycles. The fourth-order valence-electron chi connectivity index (χ4n) is 2.82. The van der Waals surface area contributed by atoms with Crippen molar-refractivity contribution in [3.63, 3.8) is 0 Å². The average Bonchev–Trinajstić information content (AvgIpc) is 2.79. The first kappa shape index (κ1) is 26.7. The zero-order chi connectivity index (χ0) is 21.8. The number of nitrogens with zero attached hydrogens (tertiary/aromatic N) is 1. The summed E-state index contributed by atoms with van der Waals surface area (Å²) in [5.41, 5.74) is 2.48. The van der Waals surface area contributed by atoms with Gasteiger partial charge >= 0.3 is 5.97 Å². The molecule has 0 heterocycles. The number of ether oxygens (including phenoxy) is 3. The Bertz CT molecular complexity index is 831. The number of carbonyl (C=O) groups excluding carboxylic acids is 1. The molecule has 0 spiro atoms. The third kappa shape index (κ3) is 9.14. The molecular weight excluding hydrogens is 509 g/mol. The summed E-state index contributed by atoms with van der Waals surface area (Å²) in [6.07, 6.45) is 0. The molecule has 0 radical (unpaired) electrons. The summed E-state index contributed by atoms with van der Waals surface area (Å²) in [7, 11) is 4.60. The molecule has 2 aromatic rings. The molecule has 0 fully saturated rings. The van der Waals surface area contributed by atoms with Crippen LogP contribution in [0.2, 0.25) is 0 Å². The monoisotopic (exact) mass is 541 g/mol. The lowest BCUT2D eigenvalue weighted by atomic mass is 10.1. The lowest BCUT2D eigenvalue weighted by molar-refractivity contribution is 0.0597. The standard InChI is InChI=1S/C23H31N3O4.HI/c1-17(15-30-16-18-8-6-5-7-9-18)13-25-23(24-2)26-14-19-10-11-21(28-3)20(12-19)22(27)29-4;/h5-12,17H,13-16H2,1-4H3,(H2,24,25,26);1H. The minimum absolute atomic E-state index is 0. The summed E-state index contributed by atoms with van der Waals surface area (Å²) in [5.74, 6) is 1.05. The zero-order valence-corrected chi connectivity index (χ0v) is 20.8. The van der Waals surface area contributed by atoms with Crippen molar-refractivity contribution in [2.75, 3.05) is 34.4 Å². The van der Waals surface area contributed by atoms with Crippen LogP contribution < -0.4 is 15.4 Å². The van der Waals surface area contributed by atoms with E-state index in [2.05, 4.69) is 34.7 Å². The molecular formula is C23H32IN3O4. The van der Waals surface area contributed by atoms with Crippen LogP contribution in [-0.2, 0) is 22.6 Å². The van der Waals surface area contributed by atoms with Gasteiger partial charge in [-0.2, -0.15) is 0 Å². The van der Waals surface area contributed by atoms with Gasteiger partial charge in [0.2, 0.25) is 0 Å². The molecule has 2 aromatic carbocycles. The number of aliphatic imine (C=N–C) groups is 1. The first-order chi connectivity index (χ1) is 14.6. The Hall–Kier alpha value is -2.33. The van der Waals surface area contributed by atoms with E-state index in [4.69, 9.17) is 14.2 Å². The van der Waals surface area contributed by atoms with E-state index < -0.39 is 5.97 Å². The van der Waals surface area contributed by atoms with Crippen molar-refractivity contribution >= 4 is 35.9 Å². The second-order valence-corrected chi connectivity index (χ2v) is 6.94. The second-order valence-electron chi connectivity index (χ2n) is 6.94. The van der Waals surface area contributed by atoms with Gasteiger partial charge in [-0.3, -0.25) is 4.99 Å². The maximum absolute atomic E-state index is 11.9. The van der Waals surface area contributed by atoms with E-state index in [1.165, 1.54) is 19.8 Å². The lowest BCUT2D eigenvalue weighted by Crippen LogP contribution is -2.39. The van der Waals surface area contributed by atoms with Crippen molar-refractivity contribution in [3.8, 4) is 5.75 Å². The van der Waals surface area contributed by atoms with Crippen LogP contribution in [0.4, 0.5) is 0 Å². The Morgan fingerprint density at radius 3 is 2.45 bits per heavy atom. The summed E-state index contributed by atoms with van der Waals surface area (Å²) in [6, 6.07) is 15.5. The molecule has 1 atom stereocenters. The number of hydrogen-bond donors (Lipinski definition) is 2. The predicted octanol–water partition coefficient (Wildman–Crippen LogP) is 3.62. The van der Waals surface area contributed by atoms with Gasteiger partial charge < -0.3 is 24.8 Å².